The van der Waals surface area contributed by atoms with Gasteiger partial charge in [0.25, 0.3) is 0 Å². The summed E-state index contributed by atoms with van der Waals surface area (Å²) in [7, 11) is 0. The van der Waals surface area contributed by atoms with Crippen LogP contribution in [0.2, 0.25) is 0 Å². The van der Waals surface area contributed by atoms with Crippen LogP contribution < -0.4 is 0 Å². The summed E-state index contributed by atoms with van der Waals surface area (Å²) in [5.41, 5.74) is 0. The summed E-state index contributed by atoms with van der Waals surface area (Å²) in [6.07, 6.45) is 0. The van der Waals surface area contributed by atoms with Gasteiger partial charge in [0.15, 0.2) is 5.75 Å². The lowest BCUT2D eigenvalue weighted by atomic mass is 9.94. The summed E-state index contributed by atoms with van der Waals surface area (Å²) in [5.74, 6) is 0.113. The van der Waals surface area contributed by atoms with Gasteiger partial charge in [0.2, 0.25) is 0 Å². The molecule has 0 saturated carbocycles. The van der Waals surface area contributed by atoms with Crippen molar-refractivity contribution in [2.75, 3.05) is 0 Å². The molecule has 17 heavy (non-hydrogen) atoms. The summed E-state index contributed by atoms with van der Waals surface area (Å²) < 4.78 is 0. The SMILES string of the molecule is [O]c1cc2cccc3ccc4cccc1c4c32. The predicted molar refractivity (Wildman–Crippen MR) is 70.3 cm³/mol. The smallest absolute Gasteiger partial charge is 0.187 e. The van der Waals surface area contributed by atoms with E-state index in [1.807, 2.05) is 24.3 Å². The molecule has 0 amide bonds. The predicted octanol–water partition coefficient (Wildman–Crippen LogP) is 4.73. The van der Waals surface area contributed by atoms with Crippen molar-refractivity contribution in [2.45, 2.75) is 0 Å². The van der Waals surface area contributed by atoms with Crippen molar-refractivity contribution in [2.24, 2.45) is 0 Å². The summed E-state index contributed by atoms with van der Waals surface area (Å²) in [5, 5.41) is 18.6. The molecule has 0 bridgehead atoms. The fourth-order valence-corrected chi connectivity index (χ4v) is 2.73. The van der Waals surface area contributed by atoms with Crippen LogP contribution in [0.15, 0.2) is 54.6 Å². The molecular formula is C16H9O. The molecule has 0 saturated heterocycles. The standard InChI is InChI=1S/C16H9O/c17-14-9-12-5-1-3-10-7-8-11-4-2-6-13(14)16(11)15(10)12/h1-9H. The Hall–Kier alpha value is -2.28. The van der Waals surface area contributed by atoms with Gasteiger partial charge in [-0.3, -0.25) is 5.11 Å². The van der Waals surface area contributed by atoms with Crippen molar-refractivity contribution in [3.8, 4) is 5.75 Å². The van der Waals surface area contributed by atoms with E-state index in [-0.39, 0.29) is 5.75 Å². The first-order valence-electron chi connectivity index (χ1n) is 5.68. The molecule has 0 aliphatic carbocycles. The maximum absolute atomic E-state index is 12.1. The Labute approximate surface area is 98.2 Å². The fourth-order valence-electron chi connectivity index (χ4n) is 2.73. The van der Waals surface area contributed by atoms with Gasteiger partial charge >= 0.3 is 0 Å². The highest BCUT2D eigenvalue weighted by atomic mass is 16.3. The van der Waals surface area contributed by atoms with Crippen LogP contribution in [0.25, 0.3) is 32.3 Å². The lowest BCUT2D eigenvalue weighted by Gasteiger charge is -2.10. The normalized spacial score (nSPS) is 11.8. The Bertz CT molecular complexity index is 846. The molecule has 4 aromatic rings. The first-order valence-corrected chi connectivity index (χ1v) is 5.68. The quantitative estimate of drug-likeness (QED) is 0.379. The Morgan fingerprint density at radius 2 is 1.29 bits per heavy atom. The summed E-state index contributed by atoms with van der Waals surface area (Å²) in [6.45, 7) is 0. The van der Waals surface area contributed by atoms with Crippen molar-refractivity contribution in [1.29, 1.82) is 0 Å². The van der Waals surface area contributed by atoms with E-state index in [2.05, 4.69) is 24.3 Å². The van der Waals surface area contributed by atoms with Crippen LogP contribution in [0.5, 0.6) is 5.75 Å². The Balaban J connectivity index is 2.50. The average Bonchev–Trinajstić information content (AvgIpc) is 2.37. The van der Waals surface area contributed by atoms with E-state index in [1.165, 1.54) is 10.8 Å². The maximum atomic E-state index is 12.1. The molecule has 1 radical (unpaired) electrons. The molecule has 0 aromatic heterocycles. The zero-order chi connectivity index (χ0) is 11.4. The van der Waals surface area contributed by atoms with E-state index in [0.29, 0.717) is 0 Å². The van der Waals surface area contributed by atoms with Crippen LogP contribution in [-0.2, 0) is 5.11 Å². The molecule has 1 heteroatoms. The lowest BCUT2D eigenvalue weighted by molar-refractivity contribution is 0.361. The summed E-state index contributed by atoms with van der Waals surface area (Å²) in [6, 6.07) is 18.0. The molecule has 4 rings (SSSR count). The highest BCUT2D eigenvalue weighted by molar-refractivity contribution is 6.24. The molecule has 79 valence electrons. The van der Waals surface area contributed by atoms with Gasteiger partial charge < -0.3 is 0 Å². The Kier molecular flexibility index (Phi) is 1.50. The van der Waals surface area contributed by atoms with Crippen molar-refractivity contribution >= 4 is 32.3 Å². The van der Waals surface area contributed by atoms with Gasteiger partial charge in [0.1, 0.15) is 0 Å². The van der Waals surface area contributed by atoms with Gasteiger partial charge in [0.05, 0.1) is 0 Å². The maximum Gasteiger partial charge on any atom is 0.187 e. The fraction of sp³-hybridized carbons (Fsp3) is 0. The largest absolute Gasteiger partial charge is 0.289 e. The van der Waals surface area contributed by atoms with Crippen molar-refractivity contribution in [1.82, 2.24) is 0 Å². The van der Waals surface area contributed by atoms with Crippen molar-refractivity contribution in [3.05, 3.63) is 54.6 Å². The van der Waals surface area contributed by atoms with E-state index in [0.717, 1.165) is 21.5 Å². The highest BCUT2D eigenvalue weighted by Crippen LogP contribution is 2.38. The average molecular weight is 217 g/mol. The molecule has 0 aliphatic rings. The molecule has 0 aliphatic heterocycles. The van der Waals surface area contributed by atoms with Gasteiger partial charge in [-0.05, 0) is 27.6 Å². The molecule has 1 nitrogen and oxygen atoms in total. The second kappa shape index (κ2) is 2.89. The van der Waals surface area contributed by atoms with E-state index in [1.54, 1.807) is 6.07 Å². The Morgan fingerprint density at radius 3 is 2.12 bits per heavy atom. The van der Waals surface area contributed by atoms with Crippen LogP contribution in [0, 0.1) is 0 Å². The van der Waals surface area contributed by atoms with Crippen LogP contribution in [0.4, 0.5) is 0 Å². The van der Waals surface area contributed by atoms with Gasteiger partial charge in [0, 0.05) is 10.8 Å². The van der Waals surface area contributed by atoms with Gasteiger partial charge in [-0.15, -0.1) is 0 Å². The minimum atomic E-state index is 0.113. The minimum absolute atomic E-state index is 0.113. The van der Waals surface area contributed by atoms with Gasteiger partial charge in [-0.25, -0.2) is 0 Å². The van der Waals surface area contributed by atoms with Crippen LogP contribution in [-0.4, -0.2) is 0 Å². The molecular weight excluding hydrogens is 208 g/mol. The van der Waals surface area contributed by atoms with E-state index < -0.39 is 0 Å². The van der Waals surface area contributed by atoms with Crippen molar-refractivity contribution < 1.29 is 5.11 Å². The van der Waals surface area contributed by atoms with E-state index in [9.17, 15) is 5.11 Å². The van der Waals surface area contributed by atoms with E-state index >= 15 is 0 Å². The Morgan fingerprint density at radius 1 is 0.647 bits per heavy atom. The van der Waals surface area contributed by atoms with Gasteiger partial charge in [-0.2, -0.15) is 0 Å². The molecule has 0 atom stereocenters. The second-order valence-electron chi connectivity index (χ2n) is 4.42. The molecule has 0 spiro atoms. The van der Waals surface area contributed by atoms with Crippen LogP contribution >= 0.6 is 0 Å². The lowest BCUT2D eigenvalue weighted by Crippen LogP contribution is -1.83. The first-order chi connectivity index (χ1) is 8.34. The number of rotatable bonds is 0. The van der Waals surface area contributed by atoms with Crippen LogP contribution in [0.1, 0.15) is 0 Å². The number of benzene rings is 4. The number of hydrogen-bond acceptors (Lipinski definition) is 0. The molecule has 0 N–H and O–H groups in total. The zero-order valence-corrected chi connectivity index (χ0v) is 9.10. The zero-order valence-electron chi connectivity index (χ0n) is 9.10. The molecule has 0 unspecified atom stereocenters. The first kappa shape index (κ1) is 8.82. The van der Waals surface area contributed by atoms with Crippen molar-refractivity contribution in [3.63, 3.8) is 0 Å². The van der Waals surface area contributed by atoms with Gasteiger partial charge in [-0.1, -0.05) is 48.5 Å². The monoisotopic (exact) mass is 217 g/mol. The summed E-state index contributed by atoms with van der Waals surface area (Å²) in [4.78, 5) is 0. The second-order valence-corrected chi connectivity index (χ2v) is 4.42. The third-order valence-electron chi connectivity index (χ3n) is 3.47. The minimum Gasteiger partial charge on any atom is -0.289 e. The summed E-state index contributed by atoms with van der Waals surface area (Å²) >= 11 is 0. The molecule has 0 fully saturated rings. The topological polar surface area (TPSA) is 19.9 Å². The van der Waals surface area contributed by atoms with E-state index in [4.69, 9.17) is 0 Å². The third-order valence-corrected chi connectivity index (χ3v) is 3.47. The third kappa shape index (κ3) is 1.03. The highest BCUT2D eigenvalue weighted by Gasteiger charge is 2.11. The number of hydrogen-bond donors (Lipinski definition) is 0. The molecule has 0 heterocycles. The van der Waals surface area contributed by atoms with Crippen LogP contribution in [0.3, 0.4) is 0 Å². The molecule has 4 aromatic carbocycles.